The van der Waals surface area contributed by atoms with Gasteiger partial charge in [-0.05, 0) is 86.9 Å². The highest BCUT2D eigenvalue weighted by atomic mass is 16.6. The molecule has 42 heavy (non-hydrogen) atoms. The van der Waals surface area contributed by atoms with Crippen LogP contribution in [-0.4, -0.2) is 108 Å². The number of carbonyl (C=O) groups excluding carboxylic acids is 3. The van der Waals surface area contributed by atoms with Crippen LogP contribution >= 0.6 is 0 Å². The van der Waals surface area contributed by atoms with E-state index in [0.29, 0.717) is 45.9 Å². The number of hydrogen-bond donors (Lipinski definition) is 0. The molecule has 1 aliphatic rings. The van der Waals surface area contributed by atoms with Gasteiger partial charge >= 0.3 is 17.9 Å². The fourth-order valence-corrected chi connectivity index (χ4v) is 4.61. The highest BCUT2D eigenvalue weighted by Crippen LogP contribution is 2.27. The summed E-state index contributed by atoms with van der Waals surface area (Å²) in [6.07, 6.45) is 0. The first-order valence-electron chi connectivity index (χ1n) is 14.9. The molecule has 0 aliphatic carbocycles. The molecule has 1 atom stereocenters. The Morgan fingerprint density at radius 3 is 1.45 bits per heavy atom. The number of benzene rings is 1. The molecule has 1 aliphatic heterocycles. The second-order valence-electron chi connectivity index (χ2n) is 13.7. The van der Waals surface area contributed by atoms with Crippen molar-refractivity contribution in [3.05, 3.63) is 29.8 Å². The third-order valence-electron chi connectivity index (χ3n) is 6.19. The SMILES string of the molecule is CCOc1ccc(C(C(=O)OC(C)(C)C)N2CCN(CC(=O)OC(C)(C)C)CCN(CC(=O)OC(C)(C)C)CC2)cc1. The first-order valence-corrected chi connectivity index (χ1v) is 14.9. The fraction of sp³-hybridized carbons (Fsp3) is 0.719. The number of hydrogen-bond acceptors (Lipinski definition) is 10. The normalized spacial score (nSPS) is 17.4. The number of ether oxygens (including phenoxy) is 4. The number of carbonyl (C=O) groups is 3. The van der Waals surface area contributed by atoms with Gasteiger partial charge in [-0.2, -0.15) is 0 Å². The van der Waals surface area contributed by atoms with Crippen LogP contribution in [0.15, 0.2) is 24.3 Å². The van der Waals surface area contributed by atoms with Crippen molar-refractivity contribution in [1.82, 2.24) is 14.7 Å². The summed E-state index contributed by atoms with van der Waals surface area (Å²) >= 11 is 0. The topological polar surface area (TPSA) is 97.9 Å². The maximum atomic E-state index is 13.7. The fourth-order valence-electron chi connectivity index (χ4n) is 4.61. The third-order valence-corrected chi connectivity index (χ3v) is 6.19. The lowest BCUT2D eigenvalue weighted by Gasteiger charge is -2.34. The van der Waals surface area contributed by atoms with Crippen molar-refractivity contribution in [2.24, 2.45) is 0 Å². The summed E-state index contributed by atoms with van der Waals surface area (Å²) in [6, 6.07) is 6.81. The summed E-state index contributed by atoms with van der Waals surface area (Å²) in [4.78, 5) is 45.3. The minimum Gasteiger partial charge on any atom is -0.494 e. The molecule has 0 saturated carbocycles. The van der Waals surface area contributed by atoms with Gasteiger partial charge in [-0.3, -0.25) is 24.3 Å². The van der Waals surface area contributed by atoms with Gasteiger partial charge in [0.25, 0.3) is 0 Å². The Bertz CT molecular complexity index is 981. The molecule has 10 heteroatoms. The molecule has 1 unspecified atom stereocenters. The molecule has 0 aromatic heterocycles. The second-order valence-corrected chi connectivity index (χ2v) is 13.7. The molecular formula is C32H53N3O7. The van der Waals surface area contributed by atoms with Gasteiger partial charge in [0.1, 0.15) is 28.6 Å². The zero-order chi connectivity index (χ0) is 31.7. The van der Waals surface area contributed by atoms with Gasteiger partial charge in [0.15, 0.2) is 0 Å². The van der Waals surface area contributed by atoms with Gasteiger partial charge in [-0.1, -0.05) is 12.1 Å². The largest absolute Gasteiger partial charge is 0.494 e. The lowest BCUT2D eigenvalue weighted by Crippen LogP contribution is -2.44. The molecular weight excluding hydrogens is 538 g/mol. The van der Waals surface area contributed by atoms with E-state index < -0.39 is 22.8 Å². The van der Waals surface area contributed by atoms with E-state index in [1.807, 2.05) is 103 Å². The minimum atomic E-state index is -0.690. The number of rotatable bonds is 9. The van der Waals surface area contributed by atoms with Crippen molar-refractivity contribution in [2.45, 2.75) is 92.1 Å². The second kappa shape index (κ2) is 15.2. The molecule has 1 heterocycles. The summed E-state index contributed by atoms with van der Waals surface area (Å²) in [5.41, 5.74) is -1.09. The monoisotopic (exact) mass is 591 g/mol. The van der Waals surface area contributed by atoms with E-state index in [1.54, 1.807) is 0 Å². The Kier molecular flexibility index (Phi) is 12.8. The zero-order valence-corrected chi connectivity index (χ0v) is 27.5. The standard InChI is InChI=1S/C32H53N3O7/c1-11-39-25-14-12-24(13-15-25)28(29(38)42-32(8,9)10)35-20-18-33(22-26(36)40-30(2,3)4)16-17-34(19-21-35)23-27(37)41-31(5,6)7/h12-15,28H,11,16-23H2,1-10H3. The highest BCUT2D eigenvalue weighted by Gasteiger charge is 2.34. The maximum Gasteiger partial charge on any atom is 0.328 e. The summed E-state index contributed by atoms with van der Waals surface area (Å²) < 4.78 is 22.7. The summed E-state index contributed by atoms with van der Waals surface area (Å²) in [6.45, 7) is 22.4. The van der Waals surface area contributed by atoms with Crippen molar-refractivity contribution < 1.29 is 33.3 Å². The average Bonchev–Trinajstić information content (AvgIpc) is 2.89. The Morgan fingerprint density at radius 1 is 0.667 bits per heavy atom. The Labute approximate surface area is 252 Å². The number of nitrogens with zero attached hydrogens (tertiary/aromatic N) is 3. The molecule has 10 nitrogen and oxygen atoms in total. The first kappa shape index (κ1) is 35.5. The van der Waals surface area contributed by atoms with Crippen LogP contribution in [0, 0.1) is 0 Å². The van der Waals surface area contributed by atoms with Crippen LogP contribution in [0.3, 0.4) is 0 Å². The lowest BCUT2D eigenvalue weighted by molar-refractivity contribution is -0.163. The quantitative estimate of drug-likeness (QED) is 0.309. The van der Waals surface area contributed by atoms with Crippen LogP contribution < -0.4 is 4.74 Å². The van der Waals surface area contributed by atoms with E-state index >= 15 is 0 Å². The molecule has 1 saturated heterocycles. The molecule has 0 radical (unpaired) electrons. The van der Waals surface area contributed by atoms with Crippen LogP contribution in [0.1, 0.15) is 80.8 Å². The van der Waals surface area contributed by atoms with E-state index in [1.165, 1.54) is 0 Å². The van der Waals surface area contributed by atoms with Crippen LogP contribution in [0.25, 0.3) is 0 Å². The average molecular weight is 592 g/mol. The molecule has 1 aromatic rings. The van der Waals surface area contributed by atoms with Crippen molar-refractivity contribution >= 4 is 17.9 Å². The third kappa shape index (κ3) is 13.5. The summed E-state index contributed by atoms with van der Waals surface area (Å²) in [5.74, 6) is -0.270. The smallest absolute Gasteiger partial charge is 0.328 e. The molecule has 238 valence electrons. The number of esters is 3. The Balaban J connectivity index is 2.40. The van der Waals surface area contributed by atoms with Gasteiger partial charge < -0.3 is 18.9 Å². The predicted molar refractivity (Wildman–Crippen MR) is 162 cm³/mol. The molecule has 2 rings (SSSR count). The van der Waals surface area contributed by atoms with Crippen molar-refractivity contribution in [3.63, 3.8) is 0 Å². The van der Waals surface area contributed by atoms with Gasteiger partial charge in [-0.25, -0.2) is 4.79 Å². The van der Waals surface area contributed by atoms with Crippen molar-refractivity contribution in [3.8, 4) is 5.75 Å². The van der Waals surface area contributed by atoms with Crippen LogP contribution in [-0.2, 0) is 28.6 Å². The van der Waals surface area contributed by atoms with Crippen LogP contribution in [0.5, 0.6) is 5.75 Å². The van der Waals surface area contributed by atoms with E-state index in [2.05, 4.69) is 4.90 Å². The van der Waals surface area contributed by atoms with E-state index in [-0.39, 0.29) is 31.0 Å². The van der Waals surface area contributed by atoms with E-state index in [0.717, 1.165) is 11.3 Å². The van der Waals surface area contributed by atoms with E-state index in [9.17, 15) is 14.4 Å². The summed E-state index contributed by atoms with van der Waals surface area (Å²) in [7, 11) is 0. The van der Waals surface area contributed by atoms with Gasteiger partial charge in [-0.15, -0.1) is 0 Å². The van der Waals surface area contributed by atoms with Crippen molar-refractivity contribution in [1.29, 1.82) is 0 Å². The molecule has 0 N–H and O–H groups in total. The minimum absolute atomic E-state index is 0.103. The van der Waals surface area contributed by atoms with Crippen molar-refractivity contribution in [2.75, 3.05) is 59.0 Å². The highest BCUT2D eigenvalue weighted by molar-refractivity contribution is 5.78. The summed E-state index contributed by atoms with van der Waals surface area (Å²) in [5, 5.41) is 0. The first-order chi connectivity index (χ1) is 19.3. The molecule has 0 amide bonds. The molecule has 1 aromatic carbocycles. The lowest BCUT2D eigenvalue weighted by atomic mass is 10.0. The van der Waals surface area contributed by atoms with Gasteiger partial charge in [0.2, 0.25) is 0 Å². The predicted octanol–water partition coefficient (Wildman–Crippen LogP) is 4.07. The van der Waals surface area contributed by atoms with Gasteiger partial charge in [0, 0.05) is 39.3 Å². The van der Waals surface area contributed by atoms with Crippen LogP contribution in [0.4, 0.5) is 0 Å². The molecule has 1 fully saturated rings. The zero-order valence-electron chi connectivity index (χ0n) is 27.5. The molecule has 0 spiro atoms. The van der Waals surface area contributed by atoms with Crippen LogP contribution in [0.2, 0.25) is 0 Å². The molecule has 0 bridgehead atoms. The Hall–Kier alpha value is -2.69. The Morgan fingerprint density at radius 2 is 1.07 bits per heavy atom. The maximum absolute atomic E-state index is 13.7. The van der Waals surface area contributed by atoms with Gasteiger partial charge in [0.05, 0.1) is 19.7 Å². The van der Waals surface area contributed by atoms with E-state index in [4.69, 9.17) is 18.9 Å².